The smallest absolute Gasteiger partial charge is 0.261 e. The average molecular weight is 387 g/mol. The molecule has 2 aromatic heterocycles. The highest BCUT2D eigenvalue weighted by Crippen LogP contribution is 2.31. The molecule has 3 aromatic rings. The van der Waals surface area contributed by atoms with Gasteiger partial charge in [0, 0.05) is 6.61 Å². The van der Waals surface area contributed by atoms with Crippen LogP contribution in [-0.2, 0) is 16.1 Å². The number of aromatic nitrogens is 4. The summed E-state index contributed by atoms with van der Waals surface area (Å²) in [5.41, 5.74) is 0.0816. The summed E-state index contributed by atoms with van der Waals surface area (Å²) in [5.74, 6) is -0.0287. The Hall–Kier alpha value is -2.85. The molecule has 3 heterocycles. The third-order valence-corrected chi connectivity index (χ3v) is 5.25. The van der Waals surface area contributed by atoms with Gasteiger partial charge in [0.2, 0.25) is 11.0 Å². The van der Waals surface area contributed by atoms with E-state index in [1.54, 1.807) is 13.0 Å². The van der Waals surface area contributed by atoms with E-state index in [4.69, 9.17) is 4.74 Å². The predicted octanol–water partition coefficient (Wildman–Crippen LogP) is 1.75. The van der Waals surface area contributed by atoms with Gasteiger partial charge in [-0.15, -0.1) is 10.2 Å². The molecule has 9 nitrogen and oxygen atoms in total. The highest BCUT2D eigenvalue weighted by atomic mass is 32.1. The van der Waals surface area contributed by atoms with Crippen molar-refractivity contribution in [2.24, 2.45) is 0 Å². The molecule has 0 bridgehead atoms. The number of carbonyl (C=O) groups is 1. The molecule has 1 saturated heterocycles. The molecule has 1 aliphatic heterocycles. The van der Waals surface area contributed by atoms with Crippen LogP contribution in [-0.4, -0.2) is 37.4 Å². The van der Waals surface area contributed by atoms with E-state index in [1.165, 1.54) is 28.0 Å². The van der Waals surface area contributed by atoms with Crippen molar-refractivity contribution in [2.75, 3.05) is 11.9 Å². The number of anilines is 1. The molecule has 1 fully saturated rings. The first kappa shape index (κ1) is 17.6. The number of fused-ring (bicyclic) bond motifs is 1. The lowest BCUT2D eigenvalue weighted by atomic mass is 10.2. The van der Waals surface area contributed by atoms with Crippen LogP contribution in [0.4, 0.5) is 5.13 Å². The second-order valence-electron chi connectivity index (χ2n) is 6.25. The Morgan fingerprint density at radius 3 is 3.07 bits per heavy atom. The zero-order valence-electron chi connectivity index (χ0n) is 14.5. The summed E-state index contributed by atoms with van der Waals surface area (Å²) >= 11 is 1.27. The SMILES string of the molecule is Cc1nc2ccc(O)cc2c(=O)n1CC(=O)Nc1nnc([C@@H]2CCCO2)s1. The lowest BCUT2D eigenvalue weighted by Gasteiger charge is -2.10. The number of aryl methyl sites for hydroxylation is 1. The minimum Gasteiger partial charge on any atom is -0.508 e. The van der Waals surface area contributed by atoms with E-state index in [-0.39, 0.29) is 29.3 Å². The second kappa shape index (κ2) is 7.05. The van der Waals surface area contributed by atoms with Crippen LogP contribution >= 0.6 is 11.3 Å². The molecule has 10 heteroatoms. The van der Waals surface area contributed by atoms with Crippen molar-refractivity contribution >= 4 is 33.3 Å². The van der Waals surface area contributed by atoms with Crippen molar-refractivity contribution < 1.29 is 14.6 Å². The molecule has 27 heavy (non-hydrogen) atoms. The molecule has 4 rings (SSSR count). The summed E-state index contributed by atoms with van der Waals surface area (Å²) in [4.78, 5) is 29.4. The number of hydrogen-bond acceptors (Lipinski definition) is 8. The van der Waals surface area contributed by atoms with Gasteiger partial charge in [0.1, 0.15) is 29.2 Å². The number of amides is 1. The summed E-state index contributed by atoms with van der Waals surface area (Å²) in [6.07, 6.45) is 1.82. The number of nitrogens with one attached hydrogen (secondary N) is 1. The first-order chi connectivity index (χ1) is 13.0. The number of phenols is 1. The molecule has 1 aromatic carbocycles. The lowest BCUT2D eigenvalue weighted by Crippen LogP contribution is -2.30. The zero-order chi connectivity index (χ0) is 19.0. The summed E-state index contributed by atoms with van der Waals surface area (Å²) in [6.45, 7) is 2.15. The third-order valence-electron chi connectivity index (χ3n) is 4.32. The van der Waals surface area contributed by atoms with Crippen LogP contribution in [0.25, 0.3) is 10.9 Å². The molecule has 0 unspecified atom stereocenters. The van der Waals surface area contributed by atoms with Gasteiger partial charge in [-0.1, -0.05) is 11.3 Å². The Morgan fingerprint density at radius 2 is 2.30 bits per heavy atom. The third kappa shape index (κ3) is 3.53. The molecule has 0 saturated carbocycles. The summed E-state index contributed by atoms with van der Waals surface area (Å²) in [5, 5.41) is 21.7. The molecular weight excluding hydrogens is 370 g/mol. The quantitative estimate of drug-likeness (QED) is 0.700. The molecule has 140 valence electrons. The molecule has 1 atom stereocenters. The van der Waals surface area contributed by atoms with Crippen LogP contribution in [0.15, 0.2) is 23.0 Å². The van der Waals surface area contributed by atoms with Crippen LogP contribution in [0, 0.1) is 6.92 Å². The van der Waals surface area contributed by atoms with Crippen LogP contribution in [0.5, 0.6) is 5.75 Å². The van der Waals surface area contributed by atoms with E-state index in [0.717, 1.165) is 17.8 Å². The average Bonchev–Trinajstić information content (AvgIpc) is 3.31. The number of ether oxygens (including phenoxy) is 1. The van der Waals surface area contributed by atoms with Gasteiger partial charge in [-0.05, 0) is 38.0 Å². The van der Waals surface area contributed by atoms with Crippen molar-refractivity contribution in [1.82, 2.24) is 19.7 Å². The highest BCUT2D eigenvalue weighted by Gasteiger charge is 2.22. The van der Waals surface area contributed by atoms with Gasteiger partial charge in [0.15, 0.2) is 0 Å². The fraction of sp³-hybridized carbons (Fsp3) is 0.353. The number of benzene rings is 1. The Morgan fingerprint density at radius 1 is 1.44 bits per heavy atom. The summed E-state index contributed by atoms with van der Waals surface area (Å²) in [6, 6.07) is 4.38. The summed E-state index contributed by atoms with van der Waals surface area (Å²) < 4.78 is 6.82. The van der Waals surface area contributed by atoms with Crippen LogP contribution in [0.1, 0.15) is 29.8 Å². The van der Waals surface area contributed by atoms with Gasteiger partial charge in [-0.2, -0.15) is 0 Å². The molecule has 2 N–H and O–H groups in total. The maximum atomic E-state index is 12.7. The Balaban J connectivity index is 1.53. The zero-order valence-corrected chi connectivity index (χ0v) is 15.3. The Kier molecular flexibility index (Phi) is 4.58. The maximum absolute atomic E-state index is 12.7. The lowest BCUT2D eigenvalue weighted by molar-refractivity contribution is -0.116. The van der Waals surface area contributed by atoms with Crippen LogP contribution in [0.2, 0.25) is 0 Å². The molecular formula is C17H17N5O4S. The number of carbonyl (C=O) groups excluding carboxylic acids is 1. The van der Waals surface area contributed by atoms with Gasteiger partial charge in [0.25, 0.3) is 5.56 Å². The standard InChI is InChI=1S/C17H17N5O4S/c1-9-18-12-5-4-10(23)7-11(12)16(25)22(9)8-14(24)19-17-21-20-15(27-17)13-3-2-6-26-13/h4-5,7,13,23H,2-3,6,8H2,1H3,(H,19,21,24)/t13-/m0/s1. The van der Waals surface area contributed by atoms with Gasteiger partial charge in [0.05, 0.1) is 10.9 Å². The van der Waals surface area contributed by atoms with E-state index < -0.39 is 5.91 Å². The second-order valence-corrected chi connectivity index (χ2v) is 7.26. The normalized spacial score (nSPS) is 16.7. The van der Waals surface area contributed by atoms with Crippen LogP contribution < -0.4 is 10.9 Å². The highest BCUT2D eigenvalue weighted by molar-refractivity contribution is 7.15. The monoisotopic (exact) mass is 387 g/mol. The number of rotatable bonds is 4. The number of phenolic OH excluding ortho intramolecular Hbond substituents is 1. The first-order valence-electron chi connectivity index (χ1n) is 8.46. The van der Waals surface area contributed by atoms with Crippen molar-refractivity contribution in [1.29, 1.82) is 0 Å². The topological polar surface area (TPSA) is 119 Å². The number of hydrogen-bond donors (Lipinski definition) is 2. The number of aromatic hydroxyl groups is 1. The predicted molar refractivity (Wildman–Crippen MR) is 98.9 cm³/mol. The van der Waals surface area contributed by atoms with E-state index in [9.17, 15) is 14.7 Å². The largest absolute Gasteiger partial charge is 0.508 e. The van der Waals surface area contributed by atoms with Crippen molar-refractivity contribution in [3.05, 3.63) is 39.4 Å². The van der Waals surface area contributed by atoms with Crippen molar-refractivity contribution in [2.45, 2.75) is 32.4 Å². The molecule has 1 amide bonds. The minimum absolute atomic E-state index is 0.0308. The number of nitrogens with zero attached hydrogens (tertiary/aromatic N) is 4. The van der Waals surface area contributed by atoms with Crippen molar-refractivity contribution in [3.63, 3.8) is 0 Å². The molecule has 0 radical (unpaired) electrons. The van der Waals surface area contributed by atoms with E-state index in [0.29, 0.717) is 23.1 Å². The minimum atomic E-state index is -0.406. The van der Waals surface area contributed by atoms with E-state index in [2.05, 4.69) is 20.5 Å². The maximum Gasteiger partial charge on any atom is 0.261 e. The van der Waals surface area contributed by atoms with Crippen LogP contribution in [0.3, 0.4) is 0 Å². The van der Waals surface area contributed by atoms with Gasteiger partial charge in [-0.3, -0.25) is 19.5 Å². The van der Waals surface area contributed by atoms with Crippen molar-refractivity contribution in [3.8, 4) is 5.75 Å². The van der Waals surface area contributed by atoms with Gasteiger partial charge >= 0.3 is 0 Å². The molecule has 0 spiro atoms. The Bertz CT molecular complexity index is 1070. The fourth-order valence-electron chi connectivity index (χ4n) is 3.00. The fourth-order valence-corrected chi connectivity index (χ4v) is 3.84. The van der Waals surface area contributed by atoms with E-state index >= 15 is 0 Å². The van der Waals surface area contributed by atoms with Gasteiger partial charge < -0.3 is 9.84 Å². The summed E-state index contributed by atoms with van der Waals surface area (Å²) in [7, 11) is 0. The Labute approximate surface area is 157 Å². The molecule has 1 aliphatic rings. The molecule has 0 aliphatic carbocycles. The van der Waals surface area contributed by atoms with E-state index in [1.807, 2.05) is 0 Å². The van der Waals surface area contributed by atoms with Gasteiger partial charge in [-0.25, -0.2) is 4.98 Å². The first-order valence-corrected chi connectivity index (χ1v) is 9.28.